The Kier molecular flexibility index (Phi) is 7.51. The third-order valence-corrected chi connectivity index (χ3v) is 5.44. The van der Waals surface area contributed by atoms with Crippen LogP contribution >= 0.6 is 0 Å². The lowest BCUT2D eigenvalue weighted by molar-refractivity contribution is -0.139. The molecular formula is C23H27F3N6O3. The number of aromatic nitrogens is 3. The molecule has 3 rings (SSSR count). The molecule has 0 aliphatic heterocycles. The second-order valence-electron chi connectivity index (χ2n) is 8.41. The SMILES string of the molecule is CCN(C(=O)O)c1cnc2c(c1)c(-c1cncc(NC(C(=O)NCC(F)(F)F)C(C)C)c1)cn2C. The van der Waals surface area contributed by atoms with Gasteiger partial charge in [-0.25, -0.2) is 9.78 Å². The minimum absolute atomic E-state index is 0.249. The molecule has 0 saturated heterocycles. The normalized spacial score (nSPS) is 12.6. The first-order valence-electron chi connectivity index (χ1n) is 10.9. The van der Waals surface area contributed by atoms with Gasteiger partial charge in [0.05, 0.1) is 17.6 Å². The van der Waals surface area contributed by atoms with Gasteiger partial charge in [-0.1, -0.05) is 13.8 Å². The van der Waals surface area contributed by atoms with Crippen LogP contribution in [0.2, 0.25) is 0 Å². The molecule has 9 nitrogen and oxygen atoms in total. The summed E-state index contributed by atoms with van der Waals surface area (Å²) in [6.45, 7) is 4.01. The van der Waals surface area contributed by atoms with E-state index in [1.54, 1.807) is 43.7 Å². The van der Waals surface area contributed by atoms with Gasteiger partial charge in [0, 0.05) is 48.7 Å². The molecular weight excluding hydrogens is 465 g/mol. The highest BCUT2D eigenvalue weighted by Gasteiger charge is 2.30. The number of nitrogens with one attached hydrogen (secondary N) is 2. The zero-order valence-electron chi connectivity index (χ0n) is 19.7. The van der Waals surface area contributed by atoms with E-state index in [0.717, 1.165) is 5.56 Å². The van der Waals surface area contributed by atoms with Crippen molar-refractivity contribution in [1.29, 1.82) is 0 Å². The van der Waals surface area contributed by atoms with Gasteiger partial charge in [0.2, 0.25) is 5.91 Å². The molecule has 3 aromatic heterocycles. The van der Waals surface area contributed by atoms with Crippen LogP contribution in [-0.2, 0) is 11.8 Å². The number of carboxylic acid groups (broad SMARTS) is 1. The third-order valence-electron chi connectivity index (χ3n) is 5.44. The van der Waals surface area contributed by atoms with Crippen molar-refractivity contribution in [2.24, 2.45) is 13.0 Å². The van der Waals surface area contributed by atoms with Gasteiger partial charge in [0.1, 0.15) is 18.2 Å². The van der Waals surface area contributed by atoms with Crippen molar-refractivity contribution in [3.8, 4) is 11.1 Å². The number of fused-ring (bicyclic) bond motifs is 1. The van der Waals surface area contributed by atoms with Gasteiger partial charge in [-0.15, -0.1) is 0 Å². The van der Waals surface area contributed by atoms with E-state index in [0.29, 0.717) is 28.0 Å². The fourth-order valence-corrected chi connectivity index (χ4v) is 3.73. The first kappa shape index (κ1) is 25.8. The van der Waals surface area contributed by atoms with E-state index in [4.69, 9.17) is 0 Å². The number of aryl methyl sites for hydroxylation is 1. The predicted octanol–water partition coefficient (Wildman–Crippen LogP) is 4.25. The molecule has 3 N–H and O–H groups in total. The molecule has 0 aliphatic carbocycles. The van der Waals surface area contributed by atoms with Crippen molar-refractivity contribution in [3.05, 3.63) is 36.9 Å². The summed E-state index contributed by atoms with van der Waals surface area (Å²) < 4.78 is 39.4. The number of nitrogens with zero attached hydrogens (tertiary/aromatic N) is 4. The van der Waals surface area contributed by atoms with Crippen LogP contribution in [0, 0.1) is 5.92 Å². The maximum absolute atomic E-state index is 12.5. The number of halogens is 3. The molecule has 188 valence electrons. The monoisotopic (exact) mass is 492 g/mol. The predicted molar refractivity (Wildman–Crippen MR) is 126 cm³/mol. The van der Waals surface area contributed by atoms with E-state index in [9.17, 15) is 27.9 Å². The zero-order chi connectivity index (χ0) is 25.9. The lowest BCUT2D eigenvalue weighted by Crippen LogP contribution is -2.46. The van der Waals surface area contributed by atoms with E-state index in [1.807, 2.05) is 18.6 Å². The molecule has 2 amide bonds. The van der Waals surface area contributed by atoms with Crippen LogP contribution in [0.5, 0.6) is 0 Å². The van der Waals surface area contributed by atoms with Crippen LogP contribution in [0.3, 0.4) is 0 Å². The fraction of sp³-hybridized carbons (Fsp3) is 0.391. The molecule has 0 aliphatic rings. The van der Waals surface area contributed by atoms with Crippen molar-refractivity contribution in [2.45, 2.75) is 33.0 Å². The Labute approximate surface area is 200 Å². The Morgan fingerprint density at radius 1 is 1.20 bits per heavy atom. The van der Waals surface area contributed by atoms with Crippen LogP contribution in [0.1, 0.15) is 20.8 Å². The van der Waals surface area contributed by atoms with Crippen LogP contribution in [0.25, 0.3) is 22.2 Å². The van der Waals surface area contributed by atoms with Crippen LogP contribution in [-0.4, -0.2) is 56.9 Å². The van der Waals surface area contributed by atoms with Gasteiger partial charge < -0.3 is 20.3 Å². The minimum atomic E-state index is -4.51. The average molecular weight is 493 g/mol. The molecule has 3 aromatic rings. The van der Waals surface area contributed by atoms with Gasteiger partial charge in [0.15, 0.2) is 0 Å². The Hall–Kier alpha value is -3.83. The number of carbonyl (C=O) groups is 2. The highest BCUT2D eigenvalue weighted by molar-refractivity contribution is 5.98. The molecule has 12 heteroatoms. The minimum Gasteiger partial charge on any atom is -0.465 e. The number of carbonyl (C=O) groups excluding carboxylic acids is 1. The molecule has 3 heterocycles. The van der Waals surface area contributed by atoms with Gasteiger partial charge >= 0.3 is 12.3 Å². The number of hydrogen-bond acceptors (Lipinski definition) is 5. The number of pyridine rings is 2. The summed E-state index contributed by atoms with van der Waals surface area (Å²) in [6, 6.07) is 2.55. The second-order valence-corrected chi connectivity index (χ2v) is 8.41. The van der Waals surface area contributed by atoms with E-state index >= 15 is 0 Å². The second kappa shape index (κ2) is 10.2. The van der Waals surface area contributed by atoms with E-state index in [-0.39, 0.29) is 12.5 Å². The van der Waals surface area contributed by atoms with Crippen molar-refractivity contribution in [3.63, 3.8) is 0 Å². The van der Waals surface area contributed by atoms with Crippen molar-refractivity contribution in [2.75, 3.05) is 23.3 Å². The van der Waals surface area contributed by atoms with Gasteiger partial charge in [-0.05, 0) is 25.0 Å². The lowest BCUT2D eigenvalue weighted by atomic mass is 10.0. The maximum Gasteiger partial charge on any atom is 0.411 e. The van der Waals surface area contributed by atoms with E-state index in [1.165, 1.54) is 17.3 Å². The first-order chi connectivity index (χ1) is 16.4. The van der Waals surface area contributed by atoms with Crippen LogP contribution in [0.4, 0.5) is 29.3 Å². The number of amides is 2. The molecule has 1 atom stereocenters. The molecule has 0 aromatic carbocycles. The van der Waals surface area contributed by atoms with Gasteiger partial charge in [0.25, 0.3) is 0 Å². The Morgan fingerprint density at radius 3 is 2.51 bits per heavy atom. The Morgan fingerprint density at radius 2 is 1.91 bits per heavy atom. The standard InChI is InChI=1S/C23H27F3N6O3/c1-5-32(22(34)35)16-7-17-18(11-31(4)20(17)28-10-16)14-6-15(9-27-8-14)30-19(13(2)3)21(33)29-12-23(24,25)26/h6-11,13,19,30H,5,12H2,1-4H3,(H,29,33)(H,34,35). The lowest BCUT2D eigenvalue weighted by Gasteiger charge is -2.23. The van der Waals surface area contributed by atoms with Gasteiger partial charge in [-0.3, -0.25) is 14.7 Å². The molecule has 0 fully saturated rings. The summed E-state index contributed by atoms with van der Waals surface area (Å²) in [5.41, 5.74) is 2.90. The fourth-order valence-electron chi connectivity index (χ4n) is 3.73. The summed E-state index contributed by atoms with van der Waals surface area (Å²) in [5, 5.41) is 15.1. The topological polar surface area (TPSA) is 112 Å². The summed E-state index contributed by atoms with van der Waals surface area (Å²) in [4.78, 5) is 33.8. The summed E-state index contributed by atoms with van der Waals surface area (Å²) in [7, 11) is 1.81. The number of alkyl halides is 3. The molecule has 1 unspecified atom stereocenters. The van der Waals surface area contributed by atoms with Crippen molar-refractivity contribution in [1.82, 2.24) is 19.9 Å². The number of hydrogen-bond donors (Lipinski definition) is 3. The molecule has 0 radical (unpaired) electrons. The highest BCUT2D eigenvalue weighted by atomic mass is 19.4. The highest BCUT2D eigenvalue weighted by Crippen LogP contribution is 2.32. The maximum atomic E-state index is 12.5. The molecule has 0 saturated carbocycles. The van der Waals surface area contributed by atoms with Crippen LogP contribution < -0.4 is 15.5 Å². The smallest absolute Gasteiger partial charge is 0.411 e. The van der Waals surface area contributed by atoms with E-state index in [2.05, 4.69) is 15.3 Å². The van der Waals surface area contributed by atoms with Crippen molar-refractivity contribution >= 4 is 34.4 Å². The largest absolute Gasteiger partial charge is 0.465 e. The Bertz CT molecular complexity index is 1220. The summed E-state index contributed by atoms with van der Waals surface area (Å²) in [5.74, 6) is -1.07. The number of anilines is 2. The first-order valence-corrected chi connectivity index (χ1v) is 10.9. The molecule has 0 bridgehead atoms. The van der Waals surface area contributed by atoms with Crippen molar-refractivity contribution < 1.29 is 27.9 Å². The molecule has 35 heavy (non-hydrogen) atoms. The summed E-state index contributed by atoms with van der Waals surface area (Å²) in [6.07, 6.45) is 0.807. The molecule has 0 spiro atoms. The summed E-state index contributed by atoms with van der Waals surface area (Å²) >= 11 is 0. The zero-order valence-corrected chi connectivity index (χ0v) is 19.7. The van der Waals surface area contributed by atoms with E-state index < -0.39 is 30.8 Å². The van der Waals surface area contributed by atoms with Gasteiger partial charge in [-0.2, -0.15) is 13.2 Å². The number of rotatable bonds is 8. The Balaban J connectivity index is 1.95. The van der Waals surface area contributed by atoms with Crippen LogP contribution in [0.15, 0.2) is 36.9 Å². The third kappa shape index (κ3) is 6.00. The quantitative estimate of drug-likeness (QED) is 0.433. The average Bonchev–Trinajstić information content (AvgIpc) is 3.11.